The lowest BCUT2D eigenvalue weighted by Gasteiger charge is -2.08. The van der Waals surface area contributed by atoms with E-state index in [4.69, 9.17) is 9.47 Å². The Morgan fingerprint density at radius 2 is 1.81 bits per heavy atom. The van der Waals surface area contributed by atoms with Gasteiger partial charge < -0.3 is 14.8 Å². The van der Waals surface area contributed by atoms with Crippen molar-refractivity contribution in [1.29, 1.82) is 0 Å². The average Bonchev–Trinajstić information content (AvgIpc) is 3.43. The monoisotopic (exact) mass is 399 g/mol. The molecule has 3 N–H and O–H groups in total. The molecule has 0 unspecified atom stereocenters. The normalized spacial score (nSPS) is 13.5. The SMILES string of the molecule is COc1ccc(S(=O)(=O)NCCC(=O)OCC(=O)NC(=O)NC2CC2)cc1. The first-order valence-electron chi connectivity index (χ1n) is 8.20. The maximum Gasteiger partial charge on any atom is 0.321 e. The molecule has 3 amide bonds. The number of urea groups is 1. The van der Waals surface area contributed by atoms with Gasteiger partial charge in [0.25, 0.3) is 5.91 Å². The third-order valence-corrected chi connectivity index (χ3v) is 5.00. The third-order valence-electron chi connectivity index (χ3n) is 3.52. The fourth-order valence-electron chi connectivity index (χ4n) is 1.96. The minimum Gasteiger partial charge on any atom is -0.497 e. The van der Waals surface area contributed by atoms with Gasteiger partial charge in [-0.3, -0.25) is 14.9 Å². The summed E-state index contributed by atoms with van der Waals surface area (Å²) >= 11 is 0. The molecule has 0 atom stereocenters. The Bertz CT molecular complexity index is 789. The fourth-order valence-corrected chi connectivity index (χ4v) is 2.99. The lowest BCUT2D eigenvalue weighted by Crippen LogP contribution is -2.42. The number of methoxy groups -OCH3 is 1. The summed E-state index contributed by atoms with van der Waals surface area (Å²) in [7, 11) is -2.31. The van der Waals surface area contributed by atoms with E-state index in [2.05, 4.69) is 10.0 Å². The van der Waals surface area contributed by atoms with E-state index in [1.807, 2.05) is 5.32 Å². The molecule has 1 saturated carbocycles. The highest BCUT2D eigenvalue weighted by Gasteiger charge is 2.24. The molecular weight excluding hydrogens is 378 g/mol. The van der Waals surface area contributed by atoms with Crippen LogP contribution in [0.1, 0.15) is 19.3 Å². The van der Waals surface area contributed by atoms with E-state index in [1.165, 1.54) is 31.4 Å². The summed E-state index contributed by atoms with van der Waals surface area (Å²) in [6, 6.07) is 5.21. The molecule has 27 heavy (non-hydrogen) atoms. The van der Waals surface area contributed by atoms with Crippen LogP contribution < -0.4 is 20.1 Å². The van der Waals surface area contributed by atoms with Gasteiger partial charge in [-0.15, -0.1) is 0 Å². The number of imide groups is 1. The summed E-state index contributed by atoms with van der Waals surface area (Å²) in [6.45, 7) is -0.820. The Labute approximate surface area is 156 Å². The molecule has 1 aromatic carbocycles. The van der Waals surface area contributed by atoms with E-state index in [0.717, 1.165) is 12.8 Å². The summed E-state index contributed by atoms with van der Waals surface area (Å²) in [5, 5.41) is 4.58. The average molecular weight is 399 g/mol. The number of hydrogen-bond acceptors (Lipinski definition) is 7. The first-order valence-corrected chi connectivity index (χ1v) is 9.68. The van der Waals surface area contributed by atoms with Gasteiger partial charge in [0.15, 0.2) is 6.61 Å². The van der Waals surface area contributed by atoms with Gasteiger partial charge in [0.1, 0.15) is 5.75 Å². The smallest absolute Gasteiger partial charge is 0.321 e. The van der Waals surface area contributed by atoms with Crippen LogP contribution in [0.25, 0.3) is 0 Å². The van der Waals surface area contributed by atoms with E-state index in [-0.39, 0.29) is 23.9 Å². The molecule has 1 aliphatic carbocycles. The van der Waals surface area contributed by atoms with Crippen LogP contribution in [0.2, 0.25) is 0 Å². The van der Waals surface area contributed by atoms with E-state index >= 15 is 0 Å². The zero-order chi connectivity index (χ0) is 19.9. The third kappa shape index (κ3) is 7.23. The van der Waals surface area contributed by atoms with E-state index in [0.29, 0.717) is 5.75 Å². The van der Waals surface area contributed by atoms with Crippen molar-refractivity contribution < 1.29 is 32.3 Å². The lowest BCUT2D eigenvalue weighted by molar-refractivity contribution is -0.148. The maximum atomic E-state index is 12.1. The van der Waals surface area contributed by atoms with Crippen molar-refractivity contribution in [1.82, 2.24) is 15.4 Å². The van der Waals surface area contributed by atoms with Crippen molar-refractivity contribution in [2.45, 2.75) is 30.2 Å². The van der Waals surface area contributed by atoms with Gasteiger partial charge in [0, 0.05) is 12.6 Å². The number of hydrogen-bond donors (Lipinski definition) is 3. The molecule has 0 aliphatic heterocycles. The summed E-state index contributed by atoms with van der Waals surface area (Å²) in [5.74, 6) is -1.02. The van der Waals surface area contributed by atoms with Crippen LogP contribution >= 0.6 is 0 Å². The van der Waals surface area contributed by atoms with E-state index in [9.17, 15) is 22.8 Å². The van der Waals surface area contributed by atoms with Crippen molar-refractivity contribution in [2.24, 2.45) is 0 Å². The Morgan fingerprint density at radius 3 is 2.41 bits per heavy atom. The molecular formula is C16H21N3O7S. The highest BCUT2D eigenvalue weighted by molar-refractivity contribution is 7.89. The van der Waals surface area contributed by atoms with Gasteiger partial charge in [-0.1, -0.05) is 0 Å². The second kappa shape index (κ2) is 9.33. The zero-order valence-electron chi connectivity index (χ0n) is 14.7. The van der Waals surface area contributed by atoms with Crippen molar-refractivity contribution in [3.05, 3.63) is 24.3 Å². The van der Waals surface area contributed by atoms with Crippen molar-refractivity contribution in [3.63, 3.8) is 0 Å². The Balaban J connectivity index is 1.66. The molecule has 0 saturated heterocycles. The van der Waals surface area contributed by atoms with Gasteiger partial charge in [-0.05, 0) is 37.1 Å². The number of benzene rings is 1. The van der Waals surface area contributed by atoms with Crippen LogP contribution in [0, 0.1) is 0 Å². The van der Waals surface area contributed by atoms with Crippen LogP contribution in [-0.4, -0.2) is 52.6 Å². The van der Waals surface area contributed by atoms with Crippen LogP contribution in [0.5, 0.6) is 5.75 Å². The number of esters is 1. The second-order valence-electron chi connectivity index (χ2n) is 5.78. The zero-order valence-corrected chi connectivity index (χ0v) is 15.5. The predicted molar refractivity (Wildman–Crippen MR) is 93.5 cm³/mol. The van der Waals surface area contributed by atoms with Crippen molar-refractivity contribution in [2.75, 3.05) is 20.3 Å². The summed E-state index contributed by atoms with van der Waals surface area (Å²) in [6.07, 6.45) is 1.49. The number of amides is 3. The molecule has 148 valence electrons. The second-order valence-corrected chi connectivity index (χ2v) is 7.55. The summed E-state index contributed by atoms with van der Waals surface area (Å²) in [4.78, 5) is 34.4. The number of carbonyl (C=O) groups is 3. The van der Waals surface area contributed by atoms with Crippen molar-refractivity contribution >= 4 is 27.9 Å². The van der Waals surface area contributed by atoms with Gasteiger partial charge in [-0.25, -0.2) is 17.9 Å². The Hall–Kier alpha value is -2.66. The van der Waals surface area contributed by atoms with E-state index < -0.39 is 34.5 Å². The fraction of sp³-hybridized carbons (Fsp3) is 0.438. The molecule has 0 spiro atoms. The minimum atomic E-state index is -3.78. The number of nitrogens with one attached hydrogen (secondary N) is 3. The van der Waals surface area contributed by atoms with Gasteiger partial charge in [0.2, 0.25) is 10.0 Å². The highest BCUT2D eigenvalue weighted by Crippen LogP contribution is 2.18. The number of carbonyl (C=O) groups excluding carboxylic acids is 3. The van der Waals surface area contributed by atoms with Crippen LogP contribution in [0.3, 0.4) is 0 Å². The topological polar surface area (TPSA) is 140 Å². The summed E-state index contributed by atoms with van der Waals surface area (Å²) < 4.78 is 36.1. The van der Waals surface area contributed by atoms with Gasteiger partial charge in [-0.2, -0.15) is 0 Å². The molecule has 1 aromatic rings. The molecule has 10 nitrogen and oxygen atoms in total. The molecule has 11 heteroatoms. The highest BCUT2D eigenvalue weighted by atomic mass is 32.2. The first-order chi connectivity index (χ1) is 12.8. The van der Waals surface area contributed by atoms with E-state index in [1.54, 1.807) is 0 Å². The van der Waals surface area contributed by atoms with Crippen molar-refractivity contribution in [3.8, 4) is 5.75 Å². The predicted octanol–water partition coefficient (Wildman–Crippen LogP) is -0.105. The molecule has 0 heterocycles. The van der Waals surface area contributed by atoms with Gasteiger partial charge >= 0.3 is 12.0 Å². The minimum absolute atomic E-state index is 0.0257. The van der Waals surface area contributed by atoms with Crippen LogP contribution in [0.4, 0.5) is 4.79 Å². The van der Waals surface area contributed by atoms with Crippen LogP contribution in [0.15, 0.2) is 29.2 Å². The number of sulfonamides is 1. The molecule has 1 fully saturated rings. The lowest BCUT2D eigenvalue weighted by atomic mass is 10.3. The standard InChI is InChI=1S/C16H21N3O7S/c1-25-12-4-6-13(7-5-12)27(23,24)17-9-8-15(21)26-10-14(20)19-16(22)18-11-2-3-11/h4-7,11,17H,2-3,8-10H2,1H3,(H2,18,19,20,22). The maximum absolute atomic E-state index is 12.1. The Kier molecular flexibility index (Phi) is 7.13. The largest absolute Gasteiger partial charge is 0.497 e. The Morgan fingerprint density at radius 1 is 1.15 bits per heavy atom. The molecule has 0 radical (unpaired) electrons. The number of rotatable bonds is 9. The molecule has 0 aromatic heterocycles. The molecule has 0 bridgehead atoms. The molecule has 1 aliphatic rings. The van der Waals surface area contributed by atoms with Crippen LogP contribution in [-0.2, 0) is 24.3 Å². The van der Waals surface area contributed by atoms with Gasteiger partial charge in [0.05, 0.1) is 18.4 Å². The molecule has 2 rings (SSSR count). The number of ether oxygens (including phenoxy) is 2. The quantitative estimate of drug-likeness (QED) is 0.492. The summed E-state index contributed by atoms with van der Waals surface area (Å²) in [5.41, 5.74) is 0. The first kappa shape index (κ1) is 20.6.